The Morgan fingerprint density at radius 3 is 2.57 bits per heavy atom. The molecule has 2 heterocycles. The van der Waals surface area contributed by atoms with Crippen molar-refractivity contribution in [1.82, 2.24) is 15.2 Å². The molecule has 1 saturated heterocycles. The summed E-state index contributed by atoms with van der Waals surface area (Å²) in [6, 6.07) is 19.0. The number of ketones is 1. The molecule has 1 saturated carbocycles. The minimum Gasteiger partial charge on any atom is -0.328 e. The number of Topliss-reactive ketones (excluding diaryl/α,β-unsaturated/α-hetero) is 1. The van der Waals surface area contributed by atoms with Gasteiger partial charge in [0, 0.05) is 36.1 Å². The van der Waals surface area contributed by atoms with Gasteiger partial charge in [0.05, 0.1) is 16.7 Å². The Morgan fingerprint density at radius 2 is 1.80 bits per heavy atom. The number of carbonyl (C=O) groups is 2. The number of para-hydroxylation sites is 1. The van der Waals surface area contributed by atoms with Gasteiger partial charge in [0.15, 0.2) is 5.78 Å². The maximum atomic E-state index is 13.2. The van der Waals surface area contributed by atoms with E-state index in [0.29, 0.717) is 38.0 Å². The number of rotatable bonds is 4. The first-order valence-electron chi connectivity index (χ1n) is 10.4. The number of pyridine rings is 1. The molecule has 3 aromatic rings. The van der Waals surface area contributed by atoms with Crippen molar-refractivity contribution >= 4 is 22.6 Å². The lowest BCUT2D eigenvalue weighted by molar-refractivity contribution is -0.135. The van der Waals surface area contributed by atoms with Crippen molar-refractivity contribution in [2.45, 2.75) is 24.4 Å². The van der Waals surface area contributed by atoms with Gasteiger partial charge in [-0.3, -0.25) is 9.59 Å². The van der Waals surface area contributed by atoms with Gasteiger partial charge in [-0.2, -0.15) is 0 Å². The van der Waals surface area contributed by atoms with Crippen LogP contribution in [0.2, 0.25) is 0 Å². The number of nitrogens with two attached hydrogens (primary N) is 1. The van der Waals surface area contributed by atoms with Gasteiger partial charge in [-0.05, 0) is 25.0 Å². The average molecular weight is 400 g/mol. The maximum absolute atomic E-state index is 13.2. The summed E-state index contributed by atoms with van der Waals surface area (Å²) >= 11 is 0. The summed E-state index contributed by atoms with van der Waals surface area (Å²) in [6.07, 6.45) is 1.40. The molecular formula is C24H24N4O2. The second-order valence-corrected chi connectivity index (χ2v) is 8.21. The van der Waals surface area contributed by atoms with Crippen LogP contribution in [-0.2, 0) is 4.79 Å². The van der Waals surface area contributed by atoms with E-state index in [0.717, 1.165) is 22.2 Å². The number of benzene rings is 2. The maximum Gasteiger partial charge on any atom is 0.243 e. The Balaban J connectivity index is 1.38. The van der Waals surface area contributed by atoms with E-state index in [1.54, 1.807) is 4.90 Å². The molecule has 2 aromatic carbocycles. The van der Waals surface area contributed by atoms with Gasteiger partial charge in [0.1, 0.15) is 6.04 Å². The molecule has 1 aliphatic carbocycles. The molecule has 1 atom stereocenters. The predicted molar refractivity (Wildman–Crippen MR) is 116 cm³/mol. The molecule has 152 valence electrons. The van der Waals surface area contributed by atoms with E-state index in [1.807, 2.05) is 54.6 Å². The van der Waals surface area contributed by atoms with Crippen LogP contribution >= 0.6 is 0 Å². The molecule has 5 rings (SSSR count). The van der Waals surface area contributed by atoms with E-state index < -0.39 is 11.6 Å². The van der Waals surface area contributed by atoms with Crippen LogP contribution in [0.5, 0.6) is 0 Å². The smallest absolute Gasteiger partial charge is 0.243 e. The summed E-state index contributed by atoms with van der Waals surface area (Å²) in [5.74, 6) is -0.155. The summed E-state index contributed by atoms with van der Waals surface area (Å²) in [5.41, 5.74) is 8.70. The largest absolute Gasteiger partial charge is 0.328 e. The highest BCUT2D eigenvalue weighted by molar-refractivity contribution is 6.03. The summed E-state index contributed by atoms with van der Waals surface area (Å²) in [5, 5.41) is 4.32. The number of nitrogens with zero attached hydrogens (tertiary/aromatic N) is 2. The number of hydrogen-bond acceptors (Lipinski definition) is 5. The molecule has 1 aliphatic heterocycles. The van der Waals surface area contributed by atoms with Gasteiger partial charge in [-0.15, -0.1) is 0 Å². The van der Waals surface area contributed by atoms with E-state index in [2.05, 4.69) is 11.4 Å². The zero-order valence-electron chi connectivity index (χ0n) is 16.7. The molecule has 2 fully saturated rings. The number of carbonyl (C=O) groups excluding carboxylic acids is 2. The van der Waals surface area contributed by atoms with Crippen LogP contribution in [0.25, 0.3) is 22.2 Å². The first-order chi connectivity index (χ1) is 14.5. The highest BCUT2D eigenvalue weighted by atomic mass is 16.2. The van der Waals surface area contributed by atoms with Crippen LogP contribution in [0, 0.1) is 0 Å². The van der Waals surface area contributed by atoms with Crippen molar-refractivity contribution < 1.29 is 9.59 Å². The number of nitrogens with one attached hydrogen (secondary N) is 1. The summed E-state index contributed by atoms with van der Waals surface area (Å²) < 4.78 is 0. The highest BCUT2D eigenvalue weighted by Crippen LogP contribution is 2.35. The Hall–Kier alpha value is -3.09. The number of piperazine rings is 1. The first kappa shape index (κ1) is 18.9. The second-order valence-electron chi connectivity index (χ2n) is 8.21. The molecule has 1 amide bonds. The van der Waals surface area contributed by atoms with E-state index in [4.69, 9.17) is 10.7 Å². The van der Waals surface area contributed by atoms with Gasteiger partial charge in [-0.25, -0.2) is 4.98 Å². The number of amides is 1. The number of hydrogen-bond donors (Lipinski definition) is 2. The van der Waals surface area contributed by atoms with Crippen LogP contribution in [0.3, 0.4) is 0 Å². The minimum atomic E-state index is -0.762. The van der Waals surface area contributed by atoms with Crippen molar-refractivity contribution in [3.8, 4) is 11.3 Å². The molecule has 1 aromatic heterocycles. The number of aromatic nitrogens is 1. The van der Waals surface area contributed by atoms with Gasteiger partial charge < -0.3 is 16.0 Å². The van der Waals surface area contributed by atoms with Crippen molar-refractivity contribution in [2.24, 2.45) is 5.73 Å². The average Bonchev–Trinajstić information content (AvgIpc) is 3.56. The lowest BCUT2D eigenvalue weighted by Gasteiger charge is -2.36. The lowest BCUT2D eigenvalue weighted by Crippen LogP contribution is -2.60. The zero-order chi connectivity index (χ0) is 20.7. The fraction of sp³-hybridized carbons (Fsp3) is 0.292. The molecule has 2 aliphatic rings. The van der Waals surface area contributed by atoms with E-state index in [-0.39, 0.29) is 11.7 Å². The van der Waals surface area contributed by atoms with Crippen LogP contribution in [0.4, 0.5) is 0 Å². The van der Waals surface area contributed by atoms with Crippen molar-refractivity contribution in [1.29, 1.82) is 0 Å². The second kappa shape index (κ2) is 7.31. The fourth-order valence-electron chi connectivity index (χ4n) is 4.04. The van der Waals surface area contributed by atoms with Crippen LogP contribution in [0.1, 0.15) is 23.2 Å². The Morgan fingerprint density at radius 1 is 1.03 bits per heavy atom. The topological polar surface area (TPSA) is 88.3 Å². The quantitative estimate of drug-likeness (QED) is 0.657. The Kier molecular flexibility index (Phi) is 4.60. The molecule has 0 radical (unpaired) electrons. The van der Waals surface area contributed by atoms with Crippen molar-refractivity contribution in [3.05, 3.63) is 66.2 Å². The van der Waals surface area contributed by atoms with Crippen LogP contribution < -0.4 is 11.1 Å². The third-order valence-electron chi connectivity index (χ3n) is 6.09. The third-order valence-corrected chi connectivity index (χ3v) is 6.09. The summed E-state index contributed by atoms with van der Waals surface area (Å²) in [7, 11) is 0. The van der Waals surface area contributed by atoms with Gasteiger partial charge in [0.25, 0.3) is 0 Å². The lowest BCUT2D eigenvalue weighted by atomic mass is 9.98. The zero-order valence-corrected chi connectivity index (χ0v) is 16.7. The molecule has 30 heavy (non-hydrogen) atoms. The molecule has 0 spiro atoms. The molecule has 6 nitrogen and oxygen atoms in total. The third kappa shape index (κ3) is 3.38. The van der Waals surface area contributed by atoms with Crippen molar-refractivity contribution in [3.63, 3.8) is 0 Å². The normalized spacial score (nSPS) is 20.2. The molecule has 6 heteroatoms. The van der Waals surface area contributed by atoms with Gasteiger partial charge >= 0.3 is 0 Å². The summed E-state index contributed by atoms with van der Waals surface area (Å²) in [4.78, 5) is 32.4. The standard InChI is InChI=1S/C24H24N4O2/c25-24(11-12-24)23(30)28-14-13-26-15-21(28)22(29)18-7-5-17(6-8-18)20-10-9-16-3-1-2-4-19(16)27-20/h1-10,21,26H,11-15,25H2. The highest BCUT2D eigenvalue weighted by Gasteiger charge is 2.50. The SMILES string of the molecule is NC1(C(=O)N2CCNCC2C(=O)c2ccc(-c3ccc4ccccc4n3)cc2)CC1. The van der Waals surface area contributed by atoms with E-state index >= 15 is 0 Å². The Labute approximate surface area is 175 Å². The van der Waals surface area contributed by atoms with Crippen LogP contribution in [0.15, 0.2) is 60.7 Å². The van der Waals surface area contributed by atoms with Crippen molar-refractivity contribution in [2.75, 3.05) is 19.6 Å². The summed E-state index contributed by atoms with van der Waals surface area (Å²) in [6.45, 7) is 1.64. The predicted octanol–water partition coefficient (Wildman–Crippen LogP) is 2.38. The van der Waals surface area contributed by atoms with Gasteiger partial charge in [-0.1, -0.05) is 48.5 Å². The molecule has 1 unspecified atom stereocenters. The first-order valence-corrected chi connectivity index (χ1v) is 10.4. The van der Waals surface area contributed by atoms with E-state index in [1.165, 1.54) is 0 Å². The fourth-order valence-corrected chi connectivity index (χ4v) is 4.04. The minimum absolute atomic E-state index is 0.0576. The van der Waals surface area contributed by atoms with Crippen LogP contribution in [-0.4, -0.2) is 52.8 Å². The van der Waals surface area contributed by atoms with E-state index in [9.17, 15) is 9.59 Å². The Bertz CT molecular complexity index is 1120. The molecule has 3 N–H and O–H groups in total. The van der Waals surface area contributed by atoms with Gasteiger partial charge in [0.2, 0.25) is 5.91 Å². The number of fused-ring (bicyclic) bond motifs is 1. The molecular weight excluding hydrogens is 376 g/mol. The monoisotopic (exact) mass is 400 g/mol. The molecule has 0 bridgehead atoms.